The van der Waals surface area contributed by atoms with E-state index in [0.29, 0.717) is 6.54 Å². The van der Waals surface area contributed by atoms with Gasteiger partial charge < -0.3 is 15.0 Å². The molecule has 0 radical (unpaired) electrons. The summed E-state index contributed by atoms with van der Waals surface area (Å²) < 4.78 is 5.56. The van der Waals surface area contributed by atoms with Crippen LogP contribution in [0.1, 0.15) is 19.3 Å². The number of nitrogens with zero attached hydrogens (tertiary/aromatic N) is 1. The van der Waals surface area contributed by atoms with Gasteiger partial charge in [0.1, 0.15) is 0 Å². The van der Waals surface area contributed by atoms with Crippen molar-refractivity contribution < 1.29 is 9.53 Å². The summed E-state index contributed by atoms with van der Waals surface area (Å²) in [6.07, 6.45) is 3.70. The van der Waals surface area contributed by atoms with Crippen molar-refractivity contribution in [1.82, 2.24) is 10.2 Å². The third-order valence-corrected chi connectivity index (χ3v) is 2.51. The van der Waals surface area contributed by atoms with Gasteiger partial charge in [0.05, 0.1) is 12.6 Å². The molecule has 0 aromatic rings. The number of rotatable bonds is 4. The molecular weight excluding hydrogens is 180 g/mol. The van der Waals surface area contributed by atoms with Crippen molar-refractivity contribution in [2.45, 2.75) is 25.4 Å². The fraction of sp³-hybridized carbons (Fsp3) is 0.900. The Bertz CT molecular complexity index is 179. The predicted molar refractivity (Wildman–Crippen MR) is 55.2 cm³/mol. The maximum Gasteiger partial charge on any atom is 0.236 e. The highest BCUT2D eigenvalue weighted by Gasteiger charge is 2.17. The van der Waals surface area contributed by atoms with E-state index in [2.05, 4.69) is 5.32 Å². The molecule has 1 heterocycles. The molecule has 1 N–H and O–H groups in total. The van der Waals surface area contributed by atoms with Crippen molar-refractivity contribution in [2.24, 2.45) is 0 Å². The number of carbonyl (C=O) groups is 1. The minimum atomic E-state index is 0.127. The van der Waals surface area contributed by atoms with Crippen LogP contribution in [0.2, 0.25) is 0 Å². The van der Waals surface area contributed by atoms with E-state index < -0.39 is 0 Å². The number of ether oxygens (including phenoxy) is 1. The summed E-state index contributed by atoms with van der Waals surface area (Å²) in [5.41, 5.74) is 0. The Balaban J connectivity index is 2.24. The number of likely N-dealkylation sites (N-methyl/N-ethyl adjacent to an activating group) is 2. The zero-order chi connectivity index (χ0) is 10.4. The van der Waals surface area contributed by atoms with Crippen molar-refractivity contribution in [1.29, 1.82) is 0 Å². The van der Waals surface area contributed by atoms with Crippen LogP contribution in [0.5, 0.6) is 0 Å². The molecule has 1 unspecified atom stereocenters. The van der Waals surface area contributed by atoms with E-state index in [-0.39, 0.29) is 12.0 Å². The van der Waals surface area contributed by atoms with Gasteiger partial charge in [-0.2, -0.15) is 0 Å². The molecule has 4 nitrogen and oxygen atoms in total. The molecule has 1 aliphatic rings. The SMILES string of the molecule is CNCC(=O)N(C)CC1CCCCO1. The summed E-state index contributed by atoms with van der Waals surface area (Å²) in [6.45, 7) is 1.97. The van der Waals surface area contributed by atoms with Gasteiger partial charge in [0.15, 0.2) is 0 Å². The summed E-state index contributed by atoms with van der Waals surface area (Å²) in [5.74, 6) is 0.127. The second kappa shape index (κ2) is 5.98. The van der Waals surface area contributed by atoms with Crippen LogP contribution < -0.4 is 5.32 Å². The predicted octanol–water partition coefficient (Wildman–Crippen LogP) is 0.233. The fourth-order valence-electron chi connectivity index (χ4n) is 1.64. The van der Waals surface area contributed by atoms with Gasteiger partial charge in [-0.15, -0.1) is 0 Å². The van der Waals surface area contributed by atoms with Gasteiger partial charge in [-0.25, -0.2) is 0 Å². The Morgan fingerprint density at radius 2 is 2.36 bits per heavy atom. The van der Waals surface area contributed by atoms with Gasteiger partial charge in [-0.3, -0.25) is 4.79 Å². The molecule has 0 saturated carbocycles. The van der Waals surface area contributed by atoms with E-state index in [1.54, 1.807) is 11.9 Å². The summed E-state index contributed by atoms with van der Waals surface area (Å²) >= 11 is 0. The molecule has 0 aliphatic carbocycles. The molecule has 0 spiro atoms. The van der Waals surface area contributed by atoms with E-state index in [9.17, 15) is 4.79 Å². The normalized spacial score (nSPS) is 22.0. The smallest absolute Gasteiger partial charge is 0.236 e. The van der Waals surface area contributed by atoms with Gasteiger partial charge in [-0.1, -0.05) is 0 Å². The van der Waals surface area contributed by atoms with Crippen LogP contribution in [-0.4, -0.2) is 50.7 Å². The Labute approximate surface area is 85.6 Å². The van der Waals surface area contributed by atoms with Crippen molar-refractivity contribution in [3.05, 3.63) is 0 Å². The van der Waals surface area contributed by atoms with Gasteiger partial charge in [-0.05, 0) is 26.3 Å². The molecule has 82 valence electrons. The summed E-state index contributed by atoms with van der Waals surface area (Å²) in [5, 5.41) is 2.85. The van der Waals surface area contributed by atoms with Crippen molar-refractivity contribution >= 4 is 5.91 Å². The second-order valence-electron chi connectivity index (χ2n) is 3.79. The number of hydrogen-bond donors (Lipinski definition) is 1. The van der Waals surface area contributed by atoms with Gasteiger partial charge in [0, 0.05) is 20.2 Å². The van der Waals surface area contributed by atoms with Crippen LogP contribution in [0.15, 0.2) is 0 Å². The lowest BCUT2D eigenvalue weighted by Crippen LogP contribution is -2.40. The van der Waals surface area contributed by atoms with Crippen LogP contribution in [0.4, 0.5) is 0 Å². The van der Waals surface area contributed by atoms with Crippen LogP contribution in [-0.2, 0) is 9.53 Å². The molecule has 1 rings (SSSR count). The molecule has 1 amide bonds. The largest absolute Gasteiger partial charge is 0.376 e. The number of nitrogens with one attached hydrogen (secondary N) is 1. The van der Waals surface area contributed by atoms with E-state index in [1.165, 1.54) is 6.42 Å². The van der Waals surface area contributed by atoms with E-state index >= 15 is 0 Å². The minimum Gasteiger partial charge on any atom is -0.376 e. The zero-order valence-corrected chi connectivity index (χ0v) is 9.08. The van der Waals surface area contributed by atoms with E-state index in [1.807, 2.05) is 7.05 Å². The lowest BCUT2D eigenvalue weighted by atomic mass is 10.1. The fourth-order valence-corrected chi connectivity index (χ4v) is 1.64. The van der Waals surface area contributed by atoms with E-state index in [0.717, 1.165) is 26.0 Å². The molecule has 0 aromatic heterocycles. The highest BCUT2D eigenvalue weighted by molar-refractivity contribution is 5.77. The maximum atomic E-state index is 11.4. The van der Waals surface area contributed by atoms with Gasteiger partial charge in [0.25, 0.3) is 0 Å². The Hall–Kier alpha value is -0.610. The maximum absolute atomic E-state index is 11.4. The second-order valence-corrected chi connectivity index (χ2v) is 3.79. The third kappa shape index (κ3) is 3.64. The monoisotopic (exact) mass is 200 g/mol. The summed E-state index contributed by atoms with van der Waals surface area (Å²) in [7, 11) is 3.61. The van der Waals surface area contributed by atoms with Crippen LogP contribution >= 0.6 is 0 Å². The molecule has 0 bridgehead atoms. The van der Waals surface area contributed by atoms with Gasteiger partial charge in [0.2, 0.25) is 5.91 Å². The number of amides is 1. The number of carbonyl (C=O) groups excluding carboxylic acids is 1. The molecule has 1 aliphatic heterocycles. The molecular formula is C10H20N2O2. The Kier molecular flexibility index (Phi) is 4.90. The standard InChI is InChI=1S/C10H20N2O2/c1-11-7-10(13)12(2)8-9-5-3-4-6-14-9/h9,11H,3-8H2,1-2H3. The first kappa shape index (κ1) is 11.5. The Morgan fingerprint density at radius 1 is 1.57 bits per heavy atom. The van der Waals surface area contributed by atoms with Crippen LogP contribution in [0, 0.1) is 0 Å². The van der Waals surface area contributed by atoms with Crippen LogP contribution in [0.25, 0.3) is 0 Å². The quantitative estimate of drug-likeness (QED) is 0.706. The van der Waals surface area contributed by atoms with Crippen LogP contribution in [0.3, 0.4) is 0 Å². The third-order valence-electron chi connectivity index (χ3n) is 2.51. The summed E-state index contributed by atoms with van der Waals surface area (Å²) in [6, 6.07) is 0. The topological polar surface area (TPSA) is 41.6 Å². The molecule has 1 fully saturated rings. The highest BCUT2D eigenvalue weighted by atomic mass is 16.5. The Morgan fingerprint density at radius 3 is 2.93 bits per heavy atom. The molecule has 14 heavy (non-hydrogen) atoms. The van der Waals surface area contributed by atoms with E-state index in [4.69, 9.17) is 4.74 Å². The first-order valence-corrected chi connectivity index (χ1v) is 5.24. The van der Waals surface area contributed by atoms with Gasteiger partial charge >= 0.3 is 0 Å². The van der Waals surface area contributed by atoms with Crippen molar-refractivity contribution in [3.63, 3.8) is 0 Å². The molecule has 0 aromatic carbocycles. The highest BCUT2D eigenvalue weighted by Crippen LogP contribution is 2.13. The molecule has 1 atom stereocenters. The van der Waals surface area contributed by atoms with Crippen molar-refractivity contribution in [3.8, 4) is 0 Å². The average molecular weight is 200 g/mol. The van der Waals surface area contributed by atoms with Crippen molar-refractivity contribution in [2.75, 3.05) is 33.8 Å². The first-order chi connectivity index (χ1) is 6.74. The summed E-state index contributed by atoms with van der Waals surface area (Å²) in [4.78, 5) is 13.2. The molecule has 1 saturated heterocycles. The minimum absolute atomic E-state index is 0.127. The lowest BCUT2D eigenvalue weighted by Gasteiger charge is -2.27. The zero-order valence-electron chi connectivity index (χ0n) is 9.08. The average Bonchev–Trinajstić information content (AvgIpc) is 2.19. The first-order valence-electron chi connectivity index (χ1n) is 5.24. The lowest BCUT2D eigenvalue weighted by molar-refractivity contribution is -0.131. The number of hydrogen-bond acceptors (Lipinski definition) is 3. The molecule has 4 heteroatoms.